The third-order valence-electron chi connectivity index (χ3n) is 5.02. The van der Waals surface area contributed by atoms with E-state index >= 15 is 0 Å². The van der Waals surface area contributed by atoms with Crippen LogP contribution in [0.1, 0.15) is 50.6 Å². The SMILES string of the molecule is COc1cccc(N2CCCC3CCCC32)c1[C@@H](C)N. The summed E-state index contributed by atoms with van der Waals surface area (Å²) in [5, 5.41) is 0. The van der Waals surface area contributed by atoms with Crippen molar-refractivity contribution >= 4 is 5.69 Å². The average Bonchev–Trinajstić information content (AvgIpc) is 2.94. The molecule has 0 amide bonds. The molecule has 2 unspecified atom stereocenters. The number of hydrogen-bond acceptors (Lipinski definition) is 3. The lowest BCUT2D eigenvalue weighted by Gasteiger charge is -2.41. The number of nitrogens with zero attached hydrogens (tertiary/aromatic N) is 1. The second-order valence-corrected chi connectivity index (χ2v) is 6.28. The van der Waals surface area contributed by atoms with Crippen molar-refractivity contribution in [3.8, 4) is 5.75 Å². The molecule has 0 radical (unpaired) electrons. The Morgan fingerprint density at radius 1 is 1.25 bits per heavy atom. The quantitative estimate of drug-likeness (QED) is 0.917. The summed E-state index contributed by atoms with van der Waals surface area (Å²) in [7, 11) is 1.74. The van der Waals surface area contributed by atoms with E-state index in [0.29, 0.717) is 6.04 Å². The van der Waals surface area contributed by atoms with Gasteiger partial charge in [-0.1, -0.05) is 12.5 Å². The minimum atomic E-state index is 0.00271. The maximum Gasteiger partial charge on any atom is 0.125 e. The van der Waals surface area contributed by atoms with Crippen LogP contribution in [0.15, 0.2) is 18.2 Å². The van der Waals surface area contributed by atoms with Gasteiger partial charge in [-0.3, -0.25) is 0 Å². The second kappa shape index (κ2) is 5.65. The van der Waals surface area contributed by atoms with Crippen LogP contribution in [0.25, 0.3) is 0 Å². The fourth-order valence-corrected chi connectivity index (χ4v) is 4.17. The smallest absolute Gasteiger partial charge is 0.125 e. The van der Waals surface area contributed by atoms with E-state index in [-0.39, 0.29) is 6.04 Å². The van der Waals surface area contributed by atoms with E-state index in [2.05, 4.69) is 24.0 Å². The Hall–Kier alpha value is -1.22. The van der Waals surface area contributed by atoms with E-state index in [1.165, 1.54) is 43.4 Å². The van der Waals surface area contributed by atoms with Gasteiger partial charge in [-0.25, -0.2) is 0 Å². The first-order chi connectivity index (χ1) is 9.72. The van der Waals surface area contributed by atoms with Crippen molar-refractivity contribution in [2.75, 3.05) is 18.6 Å². The summed E-state index contributed by atoms with van der Waals surface area (Å²) in [6.07, 6.45) is 6.82. The van der Waals surface area contributed by atoms with Crippen LogP contribution >= 0.6 is 0 Å². The largest absolute Gasteiger partial charge is 0.496 e. The summed E-state index contributed by atoms with van der Waals surface area (Å²) in [6.45, 7) is 3.21. The Balaban J connectivity index is 2.00. The van der Waals surface area contributed by atoms with Gasteiger partial charge in [0.2, 0.25) is 0 Å². The lowest BCUT2D eigenvalue weighted by Crippen LogP contribution is -2.43. The minimum Gasteiger partial charge on any atom is -0.496 e. The predicted molar refractivity (Wildman–Crippen MR) is 83.3 cm³/mol. The number of piperidine rings is 1. The maximum absolute atomic E-state index is 6.23. The second-order valence-electron chi connectivity index (χ2n) is 6.28. The molecule has 1 aromatic rings. The number of nitrogens with two attached hydrogens (primary N) is 1. The molecule has 0 aromatic heterocycles. The van der Waals surface area contributed by atoms with Crippen molar-refractivity contribution in [3.05, 3.63) is 23.8 Å². The molecule has 2 N–H and O–H groups in total. The van der Waals surface area contributed by atoms with E-state index in [0.717, 1.165) is 18.2 Å². The van der Waals surface area contributed by atoms with Crippen molar-refractivity contribution in [1.82, 2.24) is 0 Å². The highest BCUT2D eigenvalue weighted by molar-refractivity contribution is 5.61. The molecule has 0 spiro atoms. The number of rotatable bonds is 3. The summed E-state index contributed by atoms with van der Waals surface area (Å²) in [6, 6.07) is 7.06. The van der Waals surface area contributed by atoms with Gasteiger partial charge in [-0.05, 0) is 50.7 Å². The standard InChI is InChI=1S/C17H26N2O/c1-12(18)17-15(9-4-10-16(17)20-2)19-11-5-7-13-6-3-8-14(13)19/h4,9-10,12-14H,3,5-8,11,18H2,1-2H3/t12-,13?,14?/m1/s1. The first-order valence-corrected chi connectivity index (χ1v) is 7.91. The van der Waals surface area contributed by atoms with Crippen LogP contribution in [0.4, 0.5) is 5.69 Å². The highest BCUT2D eigenvalue weighted by Crippen LogP contribution is 2.42. The zero-order valence-electron chi connectivity index (χ0n) is 12.6. The average molecular weight is 274 g/mol. The predicted octanol–water partition coefficient (Wildman–Crippen LogP) is 3.48. The molecule has 1 saturated heterocycles. The van der Waals surface area contributed by atoms with Crippen molar-refractivity contribution in [1.29, 1.82) is 0 Å². The van der Waals surface area contributed by atoms with Gasteiger partial charge in [-0.2, -0.15) is 0 Å². The van der Waals surface area contributed by atoms with Crippen LogP contribution in [0.2, 0.25) is 0 Å². The molecule has 0 bridgehead atoms. The minimum absolute atomic E-state index is 0.00271. The summed E-state index contributed by atoms with van der Waals surface area (Å²) in [4.78, 5) is 2.61. The lowest BCUT2D eigenvalue weighted by molar-refractivity contribution is 0.360. The van der Waals surface area contributed by atoms with Gasteiger partial charge >= 0.3 is 0 Å². The molecule has 1 heterocycles. The van der Waals surface area contributed by atoms with Gasteiger partial charge in [0.15, 0.2) is 0 Å². The number of hydrogen-bond donors (Lipinski definition) is 1. The Labute approximate surface area is 122 Å². The third kappa shape index (κ3) is 2.28. The summed E-state index contributed by atoms with van der Waals surface area (Å²) >= 11 is 0. The van der Waals surface area contributed by atoms with Crippen LogP contribution in [0.5, 0.6) is 5.75 Å². The lowest BCUT2D eigenvalue weighted by atomic mass is 9.90. The zero-order chi connectivity index (χ0) is 14.1. The summed E-state index contributed by atoms with van der Waals surface area (Å²) in [5.41, 5.74) is 8.70. The van der Waals surface area contributed by atoms with Crippen LogP contribution in [-0.4, -0.2) is 19.7 Å². The molecule has 3 nitrogen and oxygen atoms in total. The first kappa shape index (κ1) is 13.7. The van der Waals surface area contributed by atoms with Crippen molar-refractivity contribution in [3.63, 3.8) is 0 Å². The molecular formula is C17H26N2O. The maximum atomic E-state index is 6.23. The van der Waals surface area contributed by atoms with Gasteiger partial charge < -0.3 is 15.4 Å². The van der Waals surface area contributed by atoms with E-state index in [1.807, 2.05) is 6.07 Å². The highest BCUT2D eigenvalue weighted by atomic mass is 16.5. The molecular weight excluding hydrogens is 248 g/mol. The van der Waals surface area contributed by atoms with E-state index in [9.17, 15) is 0 Å². The van der Waals surface area contributed by atoms with Crippen LogP contribution in [-0.2, 0) is 0 Å². The number of anilines is 1. The molecule has 1 aliphatic carbocycles. The molecule has 110 valence electrons. The third-order valence-corrected chi connectivity index (χ3v) is 5.02. The zero-order valence-corrected chi connectivity index (χ0v) is 12.6. The van der Waals surface area contributed by atoms with Gasteiger partial charge in [0.05, 0.1) is 7.11 Å². The van der Waals surface area contributed by atoms with Crippen LogP contribution < -0.4 is 15.4 Å². The van der Waals surface area contributed by atoms with E-state index in [4.69, 9.17) is 10.5 Å². The number of methoxy groups -OCH3 is 1. The van der Waals surface area contributed by atoms with Gasteiger partial charge in [-0.15, -0.1) is 0 Å². The number of fused-ring (bicyclic) bond motifs is 1. The van der Waals surface area contributed by atoms with E-state index in [1.54, 1.807) is 7.11 Å². The molecule has 3 heteroatoms. The van der Waals surface area contributed by atoms with Crippen molar-refractivity contribution < 1.29 is 4.74 Å². The Kier molecular flexibility index (Phi) is 3.88. The molecule has 1 aliphatic heterocycles. The number of ether oxygens (including phenoxy) is 1. The fraction of sp³-hybridized carbons (Fsp3) is 0.647. The Morgan fingerprint density at radius 3 is 2.80 bits per heavy atom. The number of benzene rings is 1. The highest BCUT2D eigenvalue weighted by Gasteiger charge is 2.36. The first-order valence-electron chi connectivity index (χ1n) is 7.91. The van der Waals surface area contributed by atoms with Crippen LogP contribution in [0.3, 0.4) is 0 Å². The van der Waals surface area contributed by atoms with Gasteiger partial charge in [0.1, 0.15) is 5.75 Å². The normalized spacial score (nSPS) is 27.2. The molecule has 1 aromatic carbocycles. The van der Waals surface area contributed by atoms with Gasteiger partial charge in [0.25, 0.3) is 0 Å². The molecule has 1 saturated carbocycles. The summed E-state index contributed by atoms with van der Waals surface area (Å²) in [5.74, 6) is 1.81. The van der Waals surface area contributed by atoms with Crippen molar-refractivity contribution in [2.24, 2.45) is 11.7 Å². The van der Waals surface area contributed by atoms with Crippen molar-refractivity contribution in [2.45, 2.75) is 51.1 Å². The molecule has 2 aliphatic rings. The monoisotopic (exact) mass is 274 g/mol. The molecule has 2 fully saturated rings. The summed E-state index contributed by atoms with van der Waals surface area (Å²) < 4.78 is 5.54. The van der Waals surface area contributed by atoms with E-state index < -0.39 is 0 Å². The topological polar surface area (TPSA) is 38.5 Å². The Morgan fingerprint density at radius 2 is 2.05 bits per heavy atom. The van der Waals surface area contributed by atoms with Crippen LogP contribution in [0, 0.1) is 5.92 Å². The molecule has 20 heavy (non-hydrogen) atoms. The van der Waals surface area contributed by atoms with Gasteiger partial charge in [0, 0.05) is 29.9 Å². The Bertz CT molecular complexity index is 472. The molecule has 3 atom stereocenters. The fourth-order valence-electron chi connectivity index (χ4n) is 4.17. The molecule has 3 rings (SSSR count).